The maximum Gasteiger partial charge on any atom is 0.258 e. The molecule has 26 heavy (non-hydrogen) atoms. The molecule has 0 radical (unpaired) electrons. The first-order valence-corrected chi connectivity index (χ1v) is 8.14. The summed E-state index contributed by atoms with van der Waals surface area (Å²) in [6, 6.07) is 19.3. The fraction of sp³-hybridized carbons (Fsp3) is 0.0526. The van der Waals surface area contributed by atoms with Gasteiger partial charge in [-0.25, -0.2) is 10.1 Å². The monoisotopic (exact) mass is 344 g/mol. The molecular formula is C19H16N6O. The minimum atomic E-state index is -0.275. The van der Waals surface area contributed by atoms with Crippen LogP contribution < -0.4 is 10.6 Å². The van der Waals surface area contributed by atoms with E-state index in [1.807, 2.05) is 54.6 Å². The second-order valence-corrected chi connectivity index (χ2v) is 5.70. The van der Waals surface area contributed by atoms with Gasteiger partial charge in [-0.1, -0.05) is 48.5 Å². The van der Waals surface area contributed by atoms with Gasteiger partial charge in [0.2, 0.25) is 5.95 Å². The number of fused-ring (bicyclic) bond motifs is 1. The van der Waals surface area contributed by atoms with Crippen molar-refractivity contribution in [2.75, 3.05) is 10.6 Å². The van der Waals surface area contributed by atoms with Gasteiger partial charge in [-0.15, -0.1) is 0 Å². The fourth-order valence-electron chi connectivity index (χ4n) is 2.68. The van der Waals surface area contributed by atoms with Crippen molar-refractivity contribution in [2.45, 2.75) is 6.54 Å². The number of amides is 1. The van der Waals surface area contributed by atoms with E-state index in [1.165, 1.54) is 6.33 Å². The normalized spacial score (nSPS) is 10.6. The van der Waals surface area contributed by atoms with Crippen molar-refractivity contribution in [2.24, 2.45) is 0 Å². The van der Waals surface area contributed by atoms with E-state index in [4.69, 9.17) is 0 Å². The molecule has 0 aliphatic heterocycles. The van der Waals surface area contributed by atoms with E-state index in [0.717, 1.165) is 16.5 Å². The highest BCUT2D eigenvalue weighted by Crippen LogP contribution is 2.22. The Kier molecular flexibility index (Phi) is 4.26. The summed E-state index contributed by atoms with van der Waals surface area (Å²) in [6.45, 7) is 0.620. The molecule has 0 fully saturated rings. The molecule has 0 atom stereocenters. The summed E-state index contributed by atoms with van der Waals surface area (Å²) in [4.78, 5) is 21.2. The Labute approximate surface area is 149 Å². The predicted molar refractivity (Wildman–Crippen MR) is 99.8 cm³/mol. The lowest BCUT2D eigenvalue weighted by atomic mass is 10.1. The number of para-hydroxylation sites is 1. The molecule has 1 amide bonds. The number of pyridine rings is 1. The molecular weight excluding hydrogens is 328 g/mol. The summed E-state index contributed by atoms with van der Waals surface area (Å²) in [5.74, 6) is 0.660. The van der Waals surface area contributed by atoms with Crippen LogP contribution in [-0.4, -0.2) is 26.1 Å². The average molecular weight is 344 g/mol. The molecule has 4 rings (SSSR count). The maximum atomic E-state index is 12.7. The third-order valence-corrected chi connectivity index (χ3v) is 3.92. The first kappa shape index (κ1) is 15.8. The zero-order chi connectivity index (χ0) is 17.8. The van der Waals surface area contributed by atoms with Crippen molar-refractivity contribution >= 4 is 28.6 Å². The van der Waals surface area contributed by atoms with Gasteiger partial charge in [0, 0.05) is 11.9 Å². The van der Waals surface area contributed by atoms with Gasteiger partial charge in [0.25, 0.3) is 5.91 Å². The second-order valence-electron chi connectivity index (χ2n) is 5.70. The van der Waals surface area contributed by atoms with E-state index >= 15 is 0 Å². The summed E-state index contributed by atoms with van der Waals surface area (Å²) >= 11 is 0. The Hall–Kier alpha value is -3.74. The highest BCUT2D eigenvalue weighted by Gasteiger charge is 2.14. The highest BCUT2D eigenvalue weighted by atomic mass is 16.1. The summed E-state index contributed by atoms with van der Waals surface area (Å²) in [5.41, 5.74) is 2.39. The van der Waals surface area contributed by atoms with Crippen molar-refractivity contribution in [1.29, 1.82) is 0 Å². The number of benzene rings is 2. The third kappa shape index (κ3) is 3.36. The molecule has 4 aromatic rings. The van der Waals surface area contributed by atoms with E-state index in [1.54, 1.807) is 6.07 Å². The fourth-order valence-corrected chi connectivity index (χ4v) is 2.68. The largest absolute Gasteiger partial charge is 0.366 e. The number of hydrogen-bond donors (Lipinski definition) is 3. The second kappa shape index (κ2) is 7.02. The van der Waals surface area contributed by atoms with E-state index in [0.29, 0.717) is 23.9 Å². The molecule has 128 valence electrons. The number of carbonyl (C=O) groups excluding carboxylic acids is 1. The first-order valence-electron chi connectivity index (χ1n) is 8.14. The van der Waals surface area contributed by atoms with Crippen molar-refractivity contribution in [1.82, 2.24) is 20.2 Å². The molecule has 2 heterocycles. The minimum absolute atomic E-state index is 0.275. The molecule has 7 heteroatoms. The van der Waals surface area contributed by atoms with Crippen LogP contribution in [0.15, 0.2) is 67.0 Å². The smallest absolute Gasteiger partial charge is 0.258 e. The number of hydrogen-bond acceptors (Lipinski definition) is 5. The number of anilines is 2. The molecule has 3 N–H and O–H groups in total. The van der Waals surface area contributed by atoms with Gasteiger partial charge < -0.3 is 5.32 Å². The van der Waals surface area contributed by atoms with Crippen LogP contribution in [0.2, 0.25) is 0 Å². The standard InChI is InChI=1S/C19H16N6O/c26-18(24-19-21-12-22-25-19)15-10-17(20-11-13-6-2-1-3-7-13)23-16-9-5-4-8-14(15)16/h1-10,12H,11H2,(H,20,23)(H2,21,22,24,25,26). The Morgan fingerprint density at radius 2 is 1.85 bits per heavy atom. The number of nitrogens with zero attached hydrogens (tertiary/aromatic N) is 3. The summed E-state index contributed by atoms with van der Waals surface area (Å²) in [5, 5.41) is 13.1. The van der Waals surface area contributed by atoms with Crippen LogP contribution in [0.4, 0.5) is 11.8 Å². The van der Waals surface area contributed by atoms with E-state index in [2.05, 4.69) is 30.8 Å². The molecule has 0 aliphatic rings. The van der Waals surface area contributed by atoms with Gasteiger partial charge in [-0.2, -0.15) is 10.1 Å². The molecule has 2 aromatic carbocycles. The molecule has 7 nitrogen and oxygen atoms in total. The van der Waals surface area contributed by atoms with Gasteiger partial charge in [0.05, 0.1) is 11.1 Å². The maximum absolute atomic E-state index is 12.7. The van der Waals surface area contributed by atoms with Crippen LogP contribution in [0, 0.1) is 0 Å². The Morgan fingerprint density at radius 1 is 1.04 bits per heavy atom. The van der Waals surface area contributed by atoms with Crippen LogP contribution in [0.1, 0.15) is 15.9 Å². The number of H-pyrrole nitrogens is 1. The number of carbonyl (C=O) groups is 1. The van der Waals surface area contributed by atoms with Crippen molar-refractivity contribution < 1.29 is 4.79 Å². The van der Waals surface area contributed by atoms with Gasteiger partial charge in [0.1, 0.15) is 12.1 Å². The zero-order valence-corrected chi connectivity index (χ0v) is 13.8. The van der Waals surface area contributed by atoms with Crippen LogP contribution >= 0.6 is 0 Å². The van der Waals surface area contributed by atoms with E-state index < -0.39 is 0 Å². The lowest BCUT2D eigenvalue weighted by Crippen LogP contribution is -2.14. The van der Waals surface area contributed by atoms with Crippen molar-refractivity contribution in [3.8, 4) is 0 Å². The highest BCUT2D eigenvalue weighted by molar-refractivity contribution is 6.12. The van der Waals surface area contributed by atoms with Gasteiger partial charge >= 0.3 is 0 Å². The van der Waals surface area contributed by atoms with Crippen LogP contribution in [0.25, 0.3) is 10.9 Å². The quantitative estimate of drug-likeness (QED) is 0.517. The molecule has 0 spiro atoms. The Bertz CT molecular complexity index is 1030. The number of nitrogens with one attached hydrogen (secondary N) is 3. The van der Waals surface area contributed by atoms with Crippen molar-refractivity contribution in [3.05, 3.63) is 78.1 Å². The lowest BCUT2D eigenvalue weighted by molar-refractivity contribution is 0.102. The Balaban J connectivity index is 1.65. The van der Waals surface area contributed by atoms with Crippen LogP contribution in [-0.2, 0) is 6.54 Å². The first-order chi connectivity index (χ1) is 12.8. The zero-order valence-electron chi connectivity index (χ0n) is 13.8. The number of aromatic amines is 1. The van der Waals surface area contributed by atoms with Gasteiger partial charge in [0.15, 0.2) is 0 Å². The van der Waals surface area contributed by atoms with Gasteiger partial charge in [-0.05, 0) is 17.7 Å². The third-order valence-electron chi connectivity index (χ3n) is 3.92. The summed E-state index contributed by atoms with van der Waals surface area (Å²) in [6.07, 6.45) is 1.34. The average Bonchev–Trinajstić information content (AvgIpc) is 3.19. The summed E-state index contributed by atoms with van der Waals surface area (Å²) < 4.78 is 0. The molecule has 0 aliphatic carbocycles. The lowest BCUT2D eigenvalue weighted by Gasteiger charge is -2.11. The van der Waals surface area contributed by atoms with Crippen LogP contribution in [0.5, 0.6) is 0 Å². The minimum Gasteiger partial charge on any atom is -0.366 e. The topological polar surface area (TPSA) is 95.6 Å². The number of aromatic nitrogens is 4. The molecule has 0 saturated heterocycles. The van der Waals surface area contributed by atoms with E-state index in [9.17, 15) is 4.79 Å². The van der Waals surface area contributed by atoms with Crippen molar-refractivity contribution in [3.63, 3.8) is 0 Å². The molecule has 2 aromatic heterocycles. The molecule has 0 unspecified atom stereocenters. The Morgan fingerprint density at radius 3 is 2.65 bits per heavy atom. The van der Waals surface area contributed by atoms with Crippen LogP contribution in [0.3, 0.4) is 0 Å². The SMILES string of the molecule is O=C(Nc1ncn[nH]1)c1cc(NCc2ccccc2)nc2ccccc12. The molecule has 0 saturated carbocycles. The number of rotatable bonds is 5. The van der Waals surface area contributed by atoms with Gasteiger partial charge in [-0.3, -0.25) is 10.1 Å². The molecule has 0 bridgehead atoms. The van der Waals surface area contributed by atoms with E-state index in [-0.39, 0.29) is 5.91 Å². The summed E-state index contributed by atoms with van der Waals surface area (Å²) in [7, 11) is 0. The predicted octanol–water partition coefficient (Wildman–Crippen LogP) is 3.22.